The molecule has 0 saturated heterocycles. The van der Waals surface area contributed by atoms with E-state index < -0.39 is 0 Å². The zero-order valence-corrected chi connectivity index (χ0v) is 9.36. The van der Waals surface area contributed by atoms with Gasteiger partial charge in [0.2, 0.25) is 0 Å². The second-order valence-electron chi connectivity index (χ2n) is 4.37. The van der Waals surface area contributed by atoms with Gasteiger partial charge in [-0.05, 0) is 32.0 Å². The average molecular weight is 208 g/mol. The Bertz CT molecular complexity index is 278. The van der Waals surface area contributed by atoms with Gasteiger partial charge in [0.05, 0.1) is 12.3 Å². The number of likely N-dealkylation sites (N-methyl/N-ethyl adjacent to an activating group) is 1. The monoisotopic (exact) mass is 208 g/mol. The number of furan rings is 1. The molecule has 1 aliphatic carbocycles. The molecule has 3 nitrogen and oxygen atoms in total. The van der Waals surface area contributed by atoms with E-state index in [0.29, 0.717) is 12.6 Å². The van der Waals surface area contributed by atoms with Crippen LogP contribution >= 0.6 is 0 Å². The van der Waals surface area contributed by atoms with E-state index in [2.05, 4.69) is 11.9 Å². The van der Waals surface area contributed by atoms with E-state index in [-0.39, 0.29) is 6.04 Å². The second kappa shape index (κ2) is 4.81. The van der Waals surface area contributed by atoms with Crippen LogP contribution in [-0.4, -0.2) is 24.5 Å². The van der Waals surface area contributed by atoms with Crippen LogP contribution in [-0.2, 0) is 0 Å². The summed E-state index contributed by atoms with van der Waals surface area (Å²) < 4.78 is 5.45. The summed E-state index contributed by atoms with van der Waals surface area (Å²) >= 11 is 0. The number of hydrogen-bond donors (Lipinski definition) is 1. The van der Waals surface area contributed by atoms with Gasteiger partial charge in [0.1, 0.15) is 5.76 Å². The fourth-order valence-corrected chi connectivity index (χ4v) is 2.53. The third-order valence-electron chi connectivity index (χ3n) is 3.49. The van der Waals surface area contributed by atoms with Crippen LogP contribution in [0.2, 0.25) is 0 Å². The van der Waals surface area contributed by atoms with Crippen LogP contribution in [0.15, 0.2) is 22.8 Å². The van der Waals surface area contributed by atoms with Crippen LogP contribution in [0.4, 0.5) is 0 Å². The predicted molar refractivity (Wildman–Crippen MR) is 60.5 cm³/mol. The van der Waals surface area contributed by atoms with Gasteiger partial charge in [0.15, 0.2) is 0 Å². The predicted octanol–water partition coefficient (Wildman–Crippen LogP) is 2.15. The highest BCUT2D eigenvalue weighted by molar-refractivity contribution is 5.05. The summed E-state index contributed by atoms with van der Waals surface area (Å²) in [6.07, 6.45) is 7.02. The normalized spacial score (nSPS) is 19.9. The van der Waals surface area contributed by atoms with Crippen molar-refractivity contribution < 1.29 is 4.42 Å². The molecule has 2 rings (SSSR count). The fraction of sp³-hybridized carbons (Fsp3) is 0.667. The van der Waals surface area contributed by atoms with Crippen molar-refractivity contribution in [2.45, 2.75) is 37.8 Å². The molecule has 0 bridgehead atoms. The van der Waals surface area contributed by atoms with E-state index in [1.807, 2.05) is 12.1 Å². The summed E-state index contributed by atoms with van der Waals surface area (Å²) in [6.45, 7) is 0.626. The van der Waals surface area contributed by atoms with E-state index in [4.69, 9.17) is 10.2 Å². The highest BCUT2D eigenvalue weighted by Gasteiger charge is 2.27. The van der Waals surface area contributed by atoms with Gasteiger partial charge in [0, 0.05) is 12.6 Å². The summed E-state index contributed by atoms with van der Waals surface area (Å²) in [5.41, 5.74) is 5.83. The lowest BCUT2D eigenvalue weighted by Gasteiger charge is -2.30. The molecule has 0 aliphatic heterocycles. The SMILES string of the molecule is CN(C1CCCC1)C(CN)c1ccco1. The summed E-state index contributed by atoms with van der Waals surface area (Å²) in [5, 5.41) is 0. The Labute approximate surface area is 91.2 Å². The zero-order valence-electron chi connectivity index (χ0n) is 9.36. The van der Waals surface area contributed by atoms with Gasteiger partial charge in [0.25, 0.3) is 0 Å². The van der Waals surface area contributed by atoms with Crippen LogP contribution in [0.1, 0.15) is 37.5 Å². The first-order valence-corrected chi connectivity index (χ1v) is 5.78. The standard InChI is InChI=1S/C12H20N2O/c1-14(10-5-2-3-6-10)11(9-13)12-7-4-8-15-12/h4,7-8,10-11H,2-3,5-6,9,13H2,1H3. The molecule has 0 aromatic carbocycles. The molecule has 84 valence electrons. The van der Waals surface area contributed by atoms with Gasteiger partial charge >= 0.3 is 0 Å². The molecule has 1 heterocycles. The van der Waals surface area contributed by atoms with Gasteiger partial charge in [-0.3, -0.25) is 4.90 Å². The van der Waals surface area contributed by atoms with E-state index >= 15 is 0 Å². The molecular weight excluding hydrogens is 188 g/mol. The van der Waals surface area contributed by atoms with Crippen LogP contribution < -0.4 is 5.73 Å². The van der Waals surface area contributed by atoms with E-state index in [0.717, 1.165) is 5.76 Å². The summed E-state index contributed by atoms with van der Waals surface area (Å²) in [7, 11) is 2.16. The smallest absolute Gasteiger partial charge is 0.122 e. The highest BCUT2D eigenvalue weighted by Crippen LogP contribution is 2.29. The Morgan fingerprint density at radius 3 is 2.80 bits per heavy atom. The maximum atomic E-state index is 5.83. The van der Waals surface area contributed by atoms with Crippen molar-refractivity contribution in [3.05, 3.63) is 24.2 Å². The number of hydrogen-bond acceptors (Lipinski definition) is 3. The molecule has 15 heavy (non-hydrogen) atoms. The maximum absolute atomic E-state index is 5.83. The molecule has 0 amide bonds. The van der Waals surface area contributed by atoms with E-state index in [1.54, 1.807) is 6.26 Å². The molecule has 0 spiro atoms. The third kappa shape index (κ3) is 2.24. The lowest BCUT2D eigenvalue weighted by Crippen LogP contribution is -2.36. The van der Waals surface area contributed by atoms with Gasteiger partial charge in [-0.2, -0.15) is 0 Å². The molecule has 1 atom stereocenters. The summed E-state index contributed by atoms with van der Waals surface area (Å²) in [4.78, 5) is 2.38. The Hall–Kier alpha value is -0.800. The molecule has 0 radical (unpaired) electrons. The second-order valence-corrected chi connectivity index (χ2v) is 4.37. The summed E-state index contributed by atoms with van der Waals surface area (Å²) in [6, 6.07) is 4.87. The van der Waals surface area contributed by atoms with Crippen molar-refractivity contribution in [1.29, 1.82) is 0 Å². The Morgan fingerprint density at radius 1 is 1.53 bits per heavy atom. The van der Waals surface area contributed by atoms with E-state index in [9.17, 15) is 0 Å². The van der Waals surface area contributed by atoms with Crippen molar-refractivity contribution in [3.63, 3.8) is 0 Å². The first-order chi connectivity index (χ1) is 7.33. The first-order valence-electron chi connectivity index (χ1n) is 5.78. The molecule has 1 saturated carbocycles. The first kappa shape index (κ1) is 10.7. The maximum Gasteiger partial charge on any atom is 0.122 e. The Morgan fingerprint density at radius 2 is 2.27 bits per heavy atom. The summed E-state index contributed by atoms with van der Waals surface area (Å²) in [5.74, 6) is 0.993. The largest absolute Gasteiger partial charge is 0.468 e. The number of rotatable bonds is 4. The molecule has 1 fully saturated rings. The Balaban J connectivity index is 2.05. The van der Waals surface area contributed by atoms with Crippen molar-refractivity contribution >= 4 is 0 Å². The minimum absolute atomic E-state index is 0.239. The van der Waals surface area contributed by atoms with E-state index in [1.165, 1.54) is 25.7 Å². The Kier molecular flexibility index (Phi) is 3.44. The van der Waals surface area contributed by atoms with Crippen molar-refractivity contribution in [3.8, 4) is 0 Å². The topological polar surface area (TPSA) is 42.4 Å². The van der Waals surface area contributed by atoms with Crippen molar-refractivity contribution in [1.82, 2.24) is 4.90 Å². The minimum Gasteiger partial charge on any atom is -0.468 e. The van der Waals surface area contributed by atoms with Crippen molar-refractivity contribution in [2.24, 2.45) is 5.73 Å². The van der Waals surface area contributed by atoms with Gasteiger partial charge in [-0.25, -0.2) is 0 Å². The van der Waals surface area contributed by atoms with Crippen molar-refractivity contribution in [2.75, 3.05) is 13.6 Å². The zero-order chi connectivity index (χ0) is 10.7. The number of nitrogens with two attached hydrogens (primary N) is 1. The van der Waals surface area contributed by atoms with Crippen LogP contribution in [0.25, 0.3) is 0 Å². The average Bonchev–Trinajstić information content (AvgIpc) is 2.91. The molecule has 1 aromatic rings. The van der Waals surface area contributed by atoms with Gasteiger partial charge in [-0.1, -0.05) is 12.8 Å². The molecule has 1 aromatic heterocycles. The molecule has 2 N–H and O–H groups in total. The van der Waals surface area contributed by atoms with Crippen LogP contribution in [0, 0.1) is 0 Å². The van der Waals surface area contributed by atoms with Crippen LogP contribution in [0.5, 0.6) is 0 Å². The third-order valence-corrected chi connectivity index (χ3v) is 3.49. The lowest BCUT2D eigenvalue weighted by atomic mass is 10.1. The molecular formula is C12H20N2O. The van der Waals surface area contributed by atoms with Gasteiger partial charge in [-0.15, -0.1) is 0 Å². The molecule has 1 aliphatic rings. The number of nitrogens with zero attached hydrogens (tertiary/aromatic N) is 1. The van der Waals surface area contributed by atoms with Gasteiger partial charge < -0.3 is 10.2 Å². The molecule has 1 unspecified atom stereocenters. The fourth-order valence-electron chi connectivity index (χ4n) is 2.53. The lowest BCUT2D eigenvalue weighted by molar-refractivity contribution is 0.160. The highest BCUT2D eigenvalue weighted by atomic mass is 16.3. The molecule has 3 heteroatoms. The van der Waals surface area contributed by atoms with Crippen LogP contribution in [0.3, 0.4) is 0 Å². The minimum atomic E-state index is 0.239. The quantitative estimate of drug-likeness (QED) is 0.824.